The highest BCUT2D eigenvalue weighted by Crippen LogP contribution is 2.30. The summed E-state index contributed by atoms with van der Waals surface area (Å²) in [7, 11) is 1.55. The van der Waals surface area contributed by atoms with Gasteiger partial charge in [-0.05, 0) is 46.1 Å². The van der Waals surface area contributed by atoms with Crippen molar-refractivity contribution in [1.82, 2.24) is 0 Å². The fourth-order valence-corrected chi connectivity index (χ4v) is 1.82. The van der Waals surface area contributed by atoms with Crippen molar-refractivity contribution in [2.75, 3.05) is 7.11 Å². The number of hydrogen-bond donors (Lipinski definition) is 2. The molecule has 0 aliphatic heterocycles. The fraction of sp³-hybridized carbons (Fsp3) is 0.300. The van der Waals surface area contributed by atoms with E-state index in [2.05, 4.69) is 15.9 Å². The molecular weight excluding hydrogens is 262 g/mol. The molecule has 0 fully saturated rings. The summed E-state index contributed by atoms with van der Waals surface area (Å²) in [5.41, 5.74) is 6.91. The van der Waals surface area contributed by atoms with Crippen molar-refractivity contribution in [3.63, 3.8) is 0 Å². The van der Waals surface area contributed by atoms with Crippen LogP contribution in [0.1, 0.15) is 17.2 Å². The monoisotopic (exact) mass is 273 g/mol. The SMILES string of the molecule is COc1cc(C)c(C(N)C(=O)O)cc1Br. The second-order valence-electron chi connectivity index (χ2n) is 3.16. The highest BCUT2D eigenvalue weighted by molar-refractivity contribution is 9.10. The number of methoxy groups -OCH3 is 1. The standard InChI is InChI=1S/C10H12BrNO3/c1-5-3-8(15-2)7(11)4-6(5)9(12)10(13)14/h3-4,9H,12H2,1-2H3,(H,13,14). The van der Waals surface area contributed by atoms with E-state index >= 15 is 0 Å². The van der Waals surface area contributed by atoms with Crippen LogP contribution < -0.4 is 10.5 Å². The second-order valence-corrected chi connectivity index (χ2v) is 4.01. The lowest BCUT2D eigenvalue weighted by Crippen LogP contribution is -2.21. The highest BCUT2D eigenvalue weighted by atomic mass is 79.9. The summed E-state index contributed by atoms with van der Waals surface area (Å²) < 4.78 is 5.78. The summed E-state index contributed by atoms with van der Waals surface area (Å²) in [5.74, 6) is -0.385. The Kier molecular flexibility index (Phi) is 3.71. The lowest BCUT2D eigenvalue weighted by atomic mass is 10.0. The maximum atomic E-state index is 10.7. The van der Waals surface area contributed by atoms with Crippen LogP contribution in [0.2, 0.25) is 0 Å². The van der Waals surface area contributed by atoms with Crippen LogP contribution in [0.4, 0.5) is 0 Å². The first-order valence-electron chi connectivity index (χ1n) is 4.29. The van der Waals surface area contributed by atoms with Crippen molar-refractivity contribution >= 4 is 21.9 Å². The van der Waals surface area contributed by atoms with Crippen LogP contribution >= 0.6 is 15.9 Å². The molecule has 5 heteroatoms. The number of benzene rings is 1. The molecule has 82 valence electrons. The molecule has 15 heavy (non-hydrogen) atoms. The summed E-state index contributed by atoms with van der Waals surface area (Å²) >= 11 is 3.29. The number of aryl methyl sites for hydroxylation is 1. The maximum absolute atomic E-state index is 10.7. The smallest absolute Gasteiger partial charge is 0.325 e. The Balaban J connectivity index is 3.21. The van der Waals surface area contributed by atoms with Crippen molar-refractivity contribution in [3.05, 3.63) is 27.7 Å². The molecule has 0 radical (unpaired) electrons. The number of ether oxygens (including phenoxy) is 1. The third kappa shape index (κ3) is 2.49. The number of rotatable bonds is 3. The zero-order chi connectivity index (χ0) is 11.6. The number of carbonyl (C=O) groups is 1. The summed E-state index contributed by atoms with van der Waals surface area (Å²) in [6.45, 7) is 1.80. The van der Waals surface area contributed by atoms with Crippen LogP contribution in [0.15, 0.2) is 16.6 Å². The van der Waals surface area contributed by atoms with Crippen LogP contribution in [-0.4, -0.2) is 18.2 Å². The first-order chi connectivity index (χ1) is 6.97. The minimum atomic E-state index is -1.05. The normalized spacial score (nSPS) is 12.3. The number of aliphatic carboxylic acids is 1. The van der Waals surface area contributed by atoms with Crippen LogP contribution in [0.3, 0.4) is 0 Å². The third-order valence-electron chi connectivity index (χ3n) is 2.14. The maximum Gasteiger partial charge on any atom is 0.325 e. The summed E-state index contributed by atoms with van der Waals surface area (Å²) in [6.07, 6.45) is 0. The number of hydrogen-bond acceptors (Lipinski definition) is 3. The zero-order valence-corrected chi connectivity index (χ0v) is 10.0. The quantitative estimate of drug-likeness (QED) is 0.882. The average Bonchev–Trinajstić information content (AvgIpc) is 2.19. The molecule has 0 saturated heterocycles. The Morgan fingerprint density at radius 1 is 1.60 bits per heavy atom. The molecule has 0 bridgehead atoms. The third-order valence-corrected chi connectivity index (χ3v) is 2.76. The number of nitrogens with two attached hydrogens (primary N) is 1. The van der Waals surface area contributed by atoms with Crippen molar-refractivity contribution < 1.29 is 14.6 Å². The van der Waals surface area contributed by atoms with Crippen LogP contribution in [0.5, 0.6) is 5.75 Å². The van der Waals surface area contributed by atoms with Crippen LogP contribution in [0.25, 0.3) is 0 Å². The minimum Gasteiger partial charge on any atom is -0.496 e. The summed E-state index contributed by atoms with van der Waals surface area (Å²) in [4.78, 5) is 10.7. The van der Waals surface area contributed by atoms with Gasteiger partial charge in [0.05, 0.1) is 11.6 Å². The van der Waals surface area contributed by atoms with E-state index in [0.29, 0.717) is 15.8 Å². The van der Waals surface area contributed by atoms with E-state index in [9.17, 15) is 4.79 Å². The minimum absolute atomic E-state index is 0.579. The molecule has 0 heterocycles. The molecule has 1 atom stereocenters. The van der Waals surface area contributed by atoms with Gasteiger partial charge in [-0.1, -0.05) is 0 Å². The number of halogens is 1. The van der Waals surface area contributed by atoms with Crippen LogP contribution in [0, 0.1) is 6.92 Å². The number of carboxylic acid groups (broad SMARTS) is 1. The van der Waals surface area contributed by atoms with Crippen LogP contribution in [-0.2, 0) is 4.79 Å². The lowest BCUT2D eigenvalue weighted by molar-refractivity contribution is -0.138. The van der Waals surface area contributed by atoms with E-state index in [1.807, 2.05) is 0 Å². The Labute approximate surface area is 96.2 Å². The molecule has 0 saturated carbocycles. The van der Waals surface area contributed by atoms with Gasteiger partial charge < -0.3 is 15.6 Å². The molecule has 1 aromatic carbocycles. The van der Waals surface area contributed by atoms with E-state index in [4.69, 9.17) is 15.6 Å². The molecule has 1 rings (SSSR count). The van der Waals surface area contributed by atoms with E-state index in [0.717, 1.165) is 5.56 Å². The Bertz CT molecular complexity index is 392. The molecular formula is C10H12BrNO3. The van der Waals surface area contributed by atoms with Gasteiger partial charge in [0, 0.05) is 0 Å². The van der Waals surface area contributed by atoms with E-state index < -0.39 is 12.0 Å². The fourth-order valence-electron chi connectivity index (χ4n) is 1.29. The van der Waals surface area contributed by atoms with Gasteiger partial charge in [-0.3, -0.25) is 4.79 Å². The average molecular weight is 274 g/mol. The van der Waals surface area contributed by atoms with Gasteiger partial charge in [-0.25, -0.2) is 0 Å². The largest absolute Gasteiger partial charge is 0.496 e. The van der Waals surface area contributed by atoms with Gasteiger partial charge in [0.25, 0.3) is 0 Å². The van der Waals surface area contributed by atoms with Crippen molar-refractivity contribution in [2.45, 2.75) is 13.0 Å². The molecule has 0 aliphatic carbocycles. The zero-order valence-electron chi connectivity index (χ0n) is 8.45. The molecule has 0 amide bonds. The Hall–Kier alpha value is -1.07. The molecule has 0 aromatic heterocycles. The highest BCUT2D eigenvalue weighted by Gasteiger charge is 2.18. The Morgan fingerprint density at radius 2 is 2.20 bits per heavy atom. The predicted molar refractivity (Wildman–Crippen MR) is 60.0 cm³/mol. The van der Waals surface area contributed by atoms with Gasteiger partial charge in [0.15, 0.2) is 0 Å². The van der Waals surface area contributed by atoms with Gasteiger partial charge in [0.1, 0.15) is 11.8 Å². The molecule has 4 nitrogen and oxygen atoms in total. The molecule has 1 unspecified atom stereocenters. The van der Waals surface area contributed by atoms with E-state index in [1.165, 1.54) is 0 Å². The first kappa shape index (κ1) is 12.0. The van der Waals surface area contributed by atoms with Crippen molar-refractivity contribution in [1.29, 1.82) is 0 Å². The molecule has 0 spiro atoms. The molecule has 1 aromatic rings. The first-order valence-corrected chi connectivity index (χ1v) is 5.09. The van der Waals surface area contributed by atoms with E-state index in [-0.39, 0.29) is 0 Å². The Morgan fingerprint density at radius 3 is 2.67 bits per heavy atom. The van der Waals surface area contributed by atoms with Crippen molar-refractivity contribution in [3.8, 4) is 5.75 Å². The van der Waals surface area contributed by atoms with Gasteiger partial charge in [-0.2, -0.15) is 0 Å². The molecule has 3 N–H and O–H groups in total. The predicted octanol–water partition coefficient (Wildman–Crippen LogP) is 1.85. The lowest BCUT2D eigenvalue weighted by Gasteiger charge is -2.13. The molecule has 0 aliphatic rings. The summed E-state index contributed by atoms with van der Waals surface area (Å²) in [5, 5.41) is 8.81. The topological polar surface area (TPSA) is 72.5 Å². The number of carboxylic acids is 1. The van der Waals surface area contributed by atoms with Gasteiger partial charge >= 0.3 is 5.97 Å². The summed E-state index contributed by atoms with van der Waals surface area (Å²) in [6, 6.07) is 2.42. The second kappa shape index (κ2) is 4.63. The van der Waals surface area contributed by atoms with Crippen molar-refractivity contribution in [2.24, 2.45) is 5.73 Å². The van der Waals surface area contributed by atoms with Gasteiger partial charge in [-0.15, -0.1) is 0 Å². The van der Waals surface area contributed by atoms with Gasteiger partial charge in [0.2, 0.25) is 0 Å². The van der Waals surface area contributed by atoms with E-state index in [1.54, 1.807) is 26.2 Å².